The Balaban J connectivity index is 1.80. The van der Waals surface area contributed by atoms with Crippen LogP contribution < -0.4 is 10.6 Å². The monoisotopic (exact) mass is 242 g/mol. The van der Waals surface area contributed by atoms with E-state index in [2.05, 4.69) is 10.6 Å². The van der Waals surface area contributed by atoms with Crippen LogP contribution >= 0.6 is 0 Å². The van der Waals surface area contributed by atoms with Crippen LogP contribution in [0, 0.1) is 5.92 Å². The van der Waals surface area contributed by atoms with Crippen LogP contribution in [-0.4, -0.2) is 49.5 Å². The molecule has 17 heavy (non-hydrogen) atoms. The molecule has 5 nitrogen and oxygen atoms in total. The molecule has 1 aliphatic carbocycles. The van der Waals surface area contributed by atoms with E-state index in [1.165, 1.54) is 0 Å². The van der Waals surface area contributed by atoms with Crippen molar-refractivity contribution in [3.63, 3.8) is 0 Å². The summed E-state index contributed by atoms with van der Waals surface area (Å²) in [4.78, 5) is 12.1. The van der Waals surface area contributed by atoms with E-state index < -0.39 is 0 Å². The molecule has 0 bridgehead atoms. The van der Waals surface area contributed by atoms with E-state index in [1.807, 2.05) is 7.05 Å². The van der Waals surface area contributed by atoms with E-state index in [9.17, 15) is 9.90 Å². The Kier molecular flexibility index (Phi) is 4.36. The molecule has 2 unspecified atom stereocenters. The van der Waals surface area contributed by atoms with Crippen LogP contribution in [-0.2, 0) is 9.53 Å². The lowest BCUT2D eigenvalue weighted by Crippen LogP contribution is -2.47. The second-order valence-electron chi connectivity index (χ2n) is 5.05. The number of nitrogens with one attached hydrogen (secondary N) is 2. The predicted octanol–water partition coefficient (Wildman–Crippen LogP) is -0.359. The van der Waals surface area contributed by atoms with Crippen molar-refractivity contribution in [3.8, 4) is 0 Å². The fraction of sp³-hybridized carbons (Fsp3) is 0.917. The summed E-state index contributed by atoms with van der Waals surface area (Å²) < 4.78 is 5.32. The molecule has 1 saturated heterocycles. The molecule has 0 aromatic carbocycles. The van der Waals surface area contributed by atoms with Gasteiger partial charge in [0.05, 0.1) is 25.2 Å². The number of amides is 1. The minimum absolute atomic E-state index is 0.0770. The number of hydrogen-bond acceptors (Lipinski definition) is 4. The van der Waals surface area contributed by atoms with Gasteiger partial charge in [-0.05, 0) is 32.7 Å². The van der Waals surface area contributed by atoms with Crippen LogP contribution in [0.4, 0.5) is 0 Å². The molecular weight excluding hydrogens is 220 g/mol. The molecule has 1 amide bonds. The minimum atomic E-state index is -0.178. The standard InChI is InChI=1S/C12H22N2O3/c1-13-11-7-17-6-10(11)12(16)14-8-2-4-9(15)5-3-8/h8-11,13,15H,2-7H2,1H3,(H,14,16). The lowest BCUT2D eigenvalue weighted by molar-refractivity contribution is -0.126. The SMILES string of the molecule is CNC1COCC1C(=O)NC1CCC(O)CC1. The van der Waals surface area contributed by atoms with E-state index in [4.69, 9.17) is 4.74 Å². The molecule has 1 heterocycles. The molecule has 5 heteroatoms. The summed E-state index contributed by atoms with van der Waals surface area (Å²) in [6.45, 7) is 1.12. The van der Waals surface area contributed by atoms with Gasteiger partial charge in [0, 0.05) is 12.1 Å². The molecule has 98 valence electrons. The summed E-state index contributed by atoms with van der Waals surface area (Å²) in [6, 6.07) is 0.355. The Morgan fingerprint density at radius 2 is 1.94 bits per heavy atom. The Morgan fingerprint density at radius 1 is 1.24 bits per heavy atom. The summed E-state index contributed by atoms with van der Waals surface area (Å²) in [5.41, 5.74) is 0. The highest BCUT2D eigenvalue weighted by Crippen LogP contribution is 2.20. The van der Waals surface area contributed by atoms with Gasteiger partial charge in [0.1, 0.15) is 0 Å². The fourth-order valence-electron chi connectivity index (χ4n) is 2.63. The first-order valence-corrected chi connectivity index (χ1v) is 6.44. The van der Waals surface area contributed by atoms with Crippen molar-refractivity contribution in [3.05, 3.63) is 0 Å². The van der Waals surface area contributed by atoms with E-state index >= 15 is 0 Å². The maximum Gasteiger partial charge on any atom is 0.227 e. The molecule has 2 aliphatic rings. The second-order valence-corrected chi connectivity index (χ2v) is 5.05. The van der Waals surface area contributed by atoms with Crippen LogP contribution in [0.25, 0.3) is 0 Å². The Labute approximate surface area is 102 Å². The number of hydrogen-bond donors (Lipinski definition) is 3. The third-order valence-corrected chi connectivity index (χ3v) is 3.83. The van der Waals surface area contributed by atoms with Crippen molar-refractivity contribution >= 4 is 5.91 Å². The van der Waals surface area contributed by atoms with Gasteiger partial charge in [0.15, 0.2) is 0 Å². The van der Waals surface area contributed by atoms with Gasteiger partial charge >= 0.3 is 0 Å². The van der Waals surface area contributed by atoms with Gasteiger partial charge in [-0.25, -0.2) is 0 Å². The number of rotatable bonds is 3. The summed E-state index contributed by atoms with van der Waals surface area (Å²) >= 11 is 0. The molecule has 0 radical (unpaired) electrons. The molecule has 2 atom stereocenters. The second kappa shape index (κ2) is 5.80. The van der Waals surface area contributed by atoms with Crippen molar-refractivity contribution in [2.75, 3.05) is 20.3 Å². The van der Waals surface area contributed by atoms with Gasteiger partial charge < -0.3 is 20.5 Å². The van der Waals surface area contributed by atoms with Gasteiger partial charge in [0.25, 0.3) is 0 Å². The van der Waals surface area contributed by atoms with Crippen LogP contribution in [0.5, 0.6) is 0 Å². The summed E-state index contributed by atoms with van der Waals surface area (Å²) in [6.07, 6.45) is 3.17. The van der Waals surface area contributed by atoms with E-state index in [1.54, 1.807) is 0 Å². The molecule has 2 rings (SSSR count). The molecule has 2 fully saturated rings. The highest BCUT2D eigenvalue weighted by molar-refractivity contribution is 5.80. The first-order valence-electron chi connectivity index (χ1n) is 6.44. The van der Waals surface area contributed by atoms with Gasteiger partial charge in [0.2, 0.25) is 5.91 Å². The van der Waals surface area contributed by atoms with Crippen molar-refractivity contribution in [1.82, 2.24) is 10.6 Å². The largest absolute Gasteiger partial charge is 0.393 e. The lowest BCUT2D eigenvalue weighted by atomic mass is 9.92. The maximum atomic E-state index is 12.1. The topological polar surface area (TPSA) is 70.6 Å². The number of aliphatic hydroxyl groups is 1. The average molecular weight is 242 g/mol. The highest BCUT2D eigenvalue weighted by Gasteiger charge is 2.34. The molecular formula is C12H22N2O3. The fourth-order valence-corrected chi connectivity index (χ4v) is 2.63. The van der Waals surface area contributed by atoms with Crippen LogP contribution in [0.2, 0.25) is 0 Å². The Hall–Kier alpha value is -0.650. The maximum absolute atomic E-state index is 12.1. The van der Waals surface area contributed by atoms with Gasteiger partial charge in [-0.15, -0.1) is 0 Å². The van der Waals surface area contributed by atoms with Crippen molar-refractivity contribution in [1.29, 1.82) is 0 Å². The first kappa shape index (κ1) is 12.8. The Bertz CT molecular complexity index is 264. The number of ether oxygens (including phenoxy) is 1. The zero-order valence-electron chi connectivity index (χ0n) is 10.3. The Morgan fingerprint density at radius 3 is 2.59 bits per heavy atom. The van der Waals surface area contributed by atoms with E-state index in [-0.39, 0.29) is 30.0 Å². The molecule has 3 N–H and O–H groups in total. The van der Waals surface area contributed by atoms with Crippen LogP contribution in [0.15, 0.2) is 0 Å². The third kappa shape index (κ3) is 3.18. The molecule has 0 spiro atoms. The normalized spacial score (nSPS) is 38.0. The first-order chi connectivity index (χ1) is 8.20. The highest BCUT2D eigenvalue weighted by atomic mass is 16.5. The summed E-state index contributed by atoms with van der Waals surface area (Å²) in [5.74, 6) is 0.00934. The zero-order valence-corrected chi connectivity index (χ0v) is 10.3. The van der Waals surface area contributed by atoms with E-state index in [0.717, 1.165) is 25.7 Å². The minimum Gasteiger partial charge on any atom is -0.393 e. The number of likely N-dealkylation sites (N-methyl/N-ethyl adjacent to an activating group) is 1. The van der Waals surface area contributed by atoms with Gasteiger partial charge in [-0.3, -0.25) is 4.79 Å². The van der Waals surface area contributed by atoms with Gasteiger partial charge in [-0.2, -0.15) is 0 Å². The van der Waals surface area contributed by atoms with Crippen LogP contribution in [0.3, 0.4) is 0 Å². The zero-order chi connectivity index (χ0) is 12.3. The van der Waals surface area contributed by atoms with Crippen molar-refractivity contribution < 1.29 is 14.6 Å². The lowest BCUT2D eigenvalue weighted by Gasteiger charge is -2.28. The van der Waals surface area contributed by atoms with E-state index in [0.29, 0.717) is 13.2 Å². The van der Waals surface area contributed by atoms with Crippen molar-refractivity contribution in [2.24, 2.45) is 5.92 Å². The average Bonchev–Trinajstić information content (AvgIpc) is 2.80. The van der Waals surface area contributed by atoms with Crippen molar-refractivity contribution in [2.45, 2.75) is 43.9 Å². The smallest absolute Gasteiger partial charge is 0.227 e. The van der Waals surface area contributed by atoms with Gasteiger partial charge in [-0.1, -0.05) is 0 Å². The molecule has 0 aromatic rings. The predicted molar refractivity (Wildman–Crippen MR) is 63.6 cm³/mol. The summed E-state index contributed by atoms with van der Waals surface area (Å²) in [7, 11) is 1.86. The number of carbonyl (C=O) groups is 1. The quantitative estimate of drug-likeness (QED) is 0.632. The molecule has 1 saturated carbocycles. The molecule has 1 aliphatic heterocycles. The van der Waals surface area contributed by atoms with Crippen LogP contribution in [0.1, 0.15) is 25.7 Å². The third-order valence-electron chi connectivity index (χ3n) is 3.83. The number of carbonyl (C=O) groups excluding carboxylic acids is 1. The number of aliphatic hydroxyl groups excluding tert-OH is 1. The summed E-state index contributed by atoms with van der Waals surface area (Å²) in [5, 5.41) is 15.6. The molecule has 0 aromatic heterocycles.